The van der Waals surface area contributed by atoms with Crippen molar-refractivity contribution in [1.29, 1.82) is 0 Å². The monoisotopic (exact) mass is 127 g/mol. The van der Waals surface area contributed by atoms with Crippen LogP contribution in [0.4, 0.5) is 0 Å². The summed E-state index contributed by atoms with van der Waals surface area (Å²) in [5.74, 6) is -0.227. The lowest BCUT2D eigenvalue weighted by molar-refractivity contribution is -0.113. The molecule has 9 heavy (non-hydrogen) atoms. The molecule has 0 aromatic heterocycles. The summed E-state index contributed by atoms with van der Waals surface area (Å²) >= 11 is 0. The second-order valence-electron chi connectivity index (χ2n) is 1.27. The van der Waals surface area contributed by atoms with Crippen molar-refractivity contribution in [3.63, 3.8) is 0 Å². The predicted octanol–water partition coefficient (Wildman–Crippen LogP) is -0.539. The van der Waals surface area contributed by atoms with Gasteiger partial charge >= 0.3 is 0 Å². The quantitative estimate of drug-likeness (QED) is 0.393. The minimum Gasteiger partial charge on any atom is -0.354 e. The largest absolute Gasteiger partial charge is 0.354 e. The van der Waals surface area contributed by atoms with Crippen LogP contribution in [0.5, 0.6) is 0 Å². The molecule has 1 N–H and O–H groups in total. The van der Waals surface area contributed by atoms with E-state index in [0.29, 0.717) is 0 Å². The summed E-state index contributed by atoms with van der Waals surface area (Å²) in [6, 6.07) is 0. The fourth-order valence-corrected chi connectivity index (χ4v) is 0.232. The van der Waals surface area contributed by atoms with Crippen LogP contribution in [0.1, 0.15) is 0 Å². The van der Waals surface area contributed by atoms with Crippen LogP contribution < -0.4 is 5.32 Å². The van der Waals surface area contributed by atoms with E-state index in [1.807, 2.05) is 0 Å². The fraction of sp³-hybridized carbons (Fsp3) is 0.400. The van der Waals surface area contributed by atoms with Crippen LogP contribution in [-0.4, -0.2) is 32.6 Å². The molecule has 0 saturated heterocycles. The molecule has 0 aliphatic heterocycles. The minimum absolute atomic E-state index is 0.227. The third kappa shape index (κ3) is 4.67. The molecule has 0 fully saturated rings. The smallest absolute Gasteiger partial charge is 0.262 e. The zero-order valence-electron chi connectivity index (χ0n) is 5.46. The summed E-state index contributed by atoms with van der Waals surface area (Å²) in [5, 5.41) is 2.37. The van der Waals surface area contributed by atoms with Crippen LogP contribution in [0.2, 0.25) is 0 Å². The first-order chi connectivity index (χ1) is 4.31. The van der Waals surface area contributed by atoms with Gasteiger partial charge in [0.15, 0.2) is 0 Å². The van der Waals surface area contributed by atoms with Gasteiger partial charge in [0.05, 0.1) is 6.21 Å². The standard InChI is InChI=1S/C5H9N3O/c1-6-4-8-3-5(9)7-2/h3-4H,1-2H3,(H,7,9)/b6-4-,8-3+. The molecular weight excluding hydrogens is 118 g/mol. The first-order valence-electron chi connectivity index (χ1n) is 2.46. The molecule has 0 aliphatic rings. The van der Waals surface area contributed by atoms with E-state index >= 15 is 0 Å². The Balaban J connectivity index is 3.57. The Kier molecular flexibility index (Phi) is 4.30. The fourth-order valence-electron chi connectivity index (χ4n) is 0.232. The second-order valence-corrected chi connectivity index (χ2v) is 1.27. The van der Waals surface area contributed by atoms with Gasteiger partial charge in [-0.05, 0) is 0 Å². The molecule has 0 rings (SSSR count). The number of hydrogen-bond acceptors (Lipinski definition) is 2. The molecule has 1 amide bonds. The van der Waals surface area contributed by atoms with E-state index in [2.05, 4.69) is 15.3 Å². The van der Waals surface area contributed by atoms with Gasteiger partial charge in [-0.25, -0.2) is 4.99 Å². The number of hydrogen-bond donors (Lipinski definition) is 1. The molecule has 0 saturated carbocycles. The minimum atomic E-state index is -0.227. The molecule has 0 spiro atoms. The van der Waals surface area contributed by atoms with Crippen molar-refractivity contribution in [3.05, 3.63) is 0 Å². The molecule has 4 heteroatoms. The normalized spacial score (nSPS) is 10.9. The van der Waals surface area contributed by atoms with Gasteiger partial charge in [-0.15, -0.1) is 0 Å². The van der Waals surface area contributed by atoms with Gasteiger partial charge in [-0.3, -0.25) is 9.79 Å². The van der Waals surface area contributed by atoms with Crippen LogP contribution in [0.15, 0.2) is 9.98 Å². The molecular formula is C5H9N3O. The van der Waals surface area contributed by atoms with Gasteiger partial charge in [-0.1, -0.05) is 0 Å². The first kappa shape index (κ1) is 7.81. The Labute approximate surface area is 53.7 Å². The van der Waals surface area contributed by atoms with Crippen molar-refractivity contribution < 1.29 is 4.79 Å². The molecule has 50 valence electrons. The van der Waals surface area contributed by atoms with Crippen LogP contribution in [0.25, 0.3) is 0 Å². The van der Waals surface area contributed by atoms with Gasteiger partial charge < -0.3 is 5.32 Å². The molecule has 0 aromatic rings. The number of aliphatic imine (C=N–C) groups is 2. The van der Waals surface area contributed by atoms with Crippen LogP contribution in [0, 0.1) is 0 Å². The SMILES string of the molecule is C/N=C\N=C\C(=O)NC. The molecule has 0 unspecified atom stereocenters. The number of nitrogens with one attached hydrogen (secondary N) is 1. The van der Waals surface area contributed by atoms with Crippen LogP contribution in [0.3, 0.4) is 0 Å². The van der Waals surface area contributed by atoms with Gasteiger partial charge in [-0.2, -0.15) is 0 Å². The molecule has 0 aromatic carbocycles. The summed E-state index contributed by atoms with van der Waals surface area (Å²) in [4.78, 5) is 17.4. The lowest BCUT2D eigenvalue weighted by Gasteiger charge is -1.84. The Morgan fingerprint density at radius 1 is 1.67 bits per heavy atom. The average Bonchev–Trinajstić information content (AvgIpc) is 1.89. The first-order valence-corrected chi connectivity index (χ1v) is 2.46. The van der Waals surface area contributed by atoms with E-state index in [-0.39, 0.29) is 5.91 Å². The van der Waals surface area contributed by atoms with Crippen molar-refractivity contribution in [1.82, 2.24) is 5.32 Å². The number of rotatable bonds is 2. The predicted molar refractivity (Wildman–Crippen MR) is 37.0 cm³/mol. The Hall–Kier alpha value is -1.19. The van der Waals surface area contributed by atoms with Crippen LogP contribution in [-0.2, 0) is 4.79 Å². The van der Waals surface area contributed by atoms with E-state index < -0.39 is 0 Å². The van der Waals surface area contributed by atoms with E-state index in [9.17, 15) is 4.79 Å². The summed E-state index contributed by atoms with van der Waals surface area (Å²) in [6.45, 7) is 0. The van der Waals surface area contributed by atoms with Crippen molar-refractivity contribution >= 4 is 18.5 Å². The Morgan fingerprint density at radius 2 is 2.33 bits per heavy atom. The van der Waals surface area contributed by atoms with Gasteiger partial charge in [0.1, 0.15) is 6.34 Å². The van der Waals surface area contributed by atoms with Crippen molar-refractivity contribution in [2.75, 3.05) is 14.1 Å². The summed E-state index contributed by atoms with van der Waals surface area (Å²) in [5.41, 5.74) is 0. The van der Waals surface area contributed by atoms with E-state index in [0.717, 1.165) is 6.21 Å². The van der Waals surface area contributed by atoms with Crippen molar-refractivity contribution in [3.8, 4) is 0 Å². The van der Waals surface area contributed by atoms with Gasteiger partial charge in [0.25, 0.3) is 5.91 Å². The molecule has 4 nitrogen and oxygen atoms in total. The van der Waals surface area contributed by atoms with Gasteiger partial charge in [0, 0.05) is 14.1 Å². The third-order valence-electron chi connectivity index (χ3n) is 0.620. The lowest BCUT2D eigenvalue weighted by Crippen LogP contribution is -2.18. The summed E-state index contributed by atoms with van der Waals surface area (Å²) in [6.07, 6.45) is 2.46. The van der Waals surface area contributed by atoms with E-state index in [1.54, 1.807) is 7.05 Å². The highest BCUT2D eigenvalue weighted by Gasteiger charge is 1.84. The average molecular weight is 127 g/mol. The van der Waals surface area contributed by atoms with Crippen LogP contribution >= 0.6 is 0 Å². The van der Waals surface area contributed by atoms with E-state index in [4.69, 9.17) is 0 Å². The Bertz CT molecular complexity index is 139. The number of nitrogens with zero attached hydrogens (tertiary/aromatic N) is 2. The zero-order valence-corrected chi connectivity index (χ0v) is 5.46. The maximum atomic E-state index is 10.4. The Morgan fingerprint density at radius 3 is 2.78 bits per heavy atom. The highest BCUT2D eigenvalue weighted by atomic mass is 16.1. The van der Waals surface area contributed by atoms with Crippen molar-refractivity contribution in [2.45, 2.75) is 0 Å². The maximum absolute atomic E-state index is 10.4. The highest BCUT2D eigenvalue weighted by Crippen LogP contribution is 1.58. The number of carbonyl (C=O) groups is 1. The molecule has 0 bridgehead atoms. The van der Waals surface area contributed by atoms with Crippen molar-refractivity contribution in [2.24, 2.45) is 9.98 Å². The van der Waals surface area contributed by atoms with Gasteiger partial charge in [0.2, 0.25) is 0 Å². The molecule has 0 atom stereocenters. The number of amides is 1. The number of carbonyl (C=O) groups excluding carboxylic acids is 1. The highest BCUT2D eigenvalue weighted by molar-refractivity contribution is 6.27. The second kappa shape index (κ2) is 4.96. The molecule has 0 radical (unpaired) electrons. The molecule has 0 aliphatic carbocycles. The summed E-state index contributed by atoms with van der Waals surface area (Å²) < 4.78 is 0. The lowest BCUT2D eigenvalue weighted by atomic mass is 10.7. The zero-order chi connectivity index (χ0) is 7.11. The topological polar surface area (TPSA) is 53.8 Å². The van der Waals surface area contributed by atoms with E-state index in [1.165, 1.54) is 13.4 Å². The molecule has 0 heterocycles. The maximum Gasteiger partial charge on any atom is 0.262 e. The third-order valence-corrected chi connectivity index (χ3v) is 0.620. The summed E-state index contributed by atoms with van der Waals surface area (Å²) in [7, 11) is 3.12.